The average Bonchev–Trinajstić information content (AvgIpc) is 3.96. The van der Waals surface area contributed by atoms with E-state index in [1.165, 1.54) is 0 Å². The van der Waals surface area contributed by atoms with Crippen molar-refractivity contribution >= 4 is 34.9 Å². The van der Waals surface area contributed by atoms with Gasteiger partial charge < -0.3 is 15.1 Å². The van der Waals surface area contributed by atoms with Crippen LogP contribution in [0.25, 0.3) is 0 Å². The standard InChI is InChI=1S/C47H76N4O6/c1-10-15-33(41(55)39(54)24-31-18-19-31)25-37(52)35-27-47(45(7,8)46(47)20-14-21-46)29-51(35)43(57)34(44(4,5)6)26-38(53)40(32-16-12-11-13-17-32)48-42(56)36-28-49(9)22-23-50(36)30(2)3/h30-36,40H,10-29H2,1-9H3,(H,48,56)/t33?,34-,35+,36-,40+,47-/m1/s1. The number of carbonyl (C=O) groups is 6. The maximum Gasteiger partial charge on any atom is 0.239 e. The van der Waals surface area contributed by atoms with Gasteiger partial charge in [0.15, 0.2) is 17.3 Å². The van der Waals surface area contributed by atoms with Gasteiger partial charge >= 0.3 is 0 Å². The van der Waals surface area contributed by atoms with Crippen LogP contribution in [0.2, 0.25) is 0 Å². The van der Waals surface area contributed by atoms with Crippen molar-refractivity contribution in [2.75, 3.05) is 33.2 Å². The number of hydrogen-bond acceptors (Lipinski definition) is 8. The lowest BCUT2D eigenvalue weighted by Crippen LogP contribution is -2.62. The van der Waals surface area contributed by atoms with Gasteiger partial charge in [-0.05, 0) is 100 Å². The summed E-state index contributed by atoms with van der Waals surface area (Å²) in [5, 5.41) is 3.29. The Kier molecular flexibility index (Phi) is 13.1. The van der Waals surface area contributed by atoms with Gasteiger partial charge in [-0.3, -0.25) is 33.7 Å². The first-order valence-corrected chi connectivity index (χ1v) is 23.0. The topological polar surface area (TPSA) is 124 Å². The van der Waals surface area contributed by atoms with E-state index in [2.05, 4.69) is 42.8 Å². The maximum absolute atomic E-state index is 15.3. The number of amides is 2. The van der Waals surface area contributed by atoms with Crippen LogP contribution >= 0.6 is 0 Å². The van der Waals surface area contributed by atoms with Gasteiger partial charge in [0.1, 0.15) is 6.04 Å². The molecule has 2 aliphatic heterocycles. The number of rotatable bonds is 17. The molecule has 2 spiro atoms. The minimum absolute atomic E-state index is 0.00615. The smallest absolute Gasteiger partial charge is 0.239 e. The molecule has 6 aliphatic rings. The Labute approximate surface area is 343 Å². The molecule has 0 aromatic carbocycles. The zero-order valence-corrected chi connectivity index (χ0v) is 37.1. The van der Waals surface area contributed by atoms with Crippen LogP contribution < -0.4 is 5.32 Å². The Balaban J connectivity index is 1.26. The average molecular weight is 793 g/mol. The highest BCUT2D eigenvalue weighted by molar-refractivity contribution is 6.38. The van der Waals surface area contributed by atoms with Crippen molar-refractivity contribution in [3.63, 3.8) is 0 Å². The molecular weight excluding hydrogens is 717 g/mol. The lowest BCUT2D eigenvalue weighted by atomic mass is 9.73. The molecule has 2 amide bonds. The van der Waals surface area contributed by atoms with Gasteiger partial charge in [0.05, 0.1) is 12.1 Å². The molecule has 1 unspecified atom stereocenters. The molecule has 6 atom stereocenters. The molecule has 0 aromatic rings. The van der Waals surface area contributed by atoms with E-state index in [9.17, 15) is 24.0 Å². The molecule has 4 saturated carbocycles. The highest BCUT2D eigenvalue weighted by Crippen LogP contribution is 2.88. The first kappa shape index (κ1) is 44.1. The van der Waals surface area contributed by atoms with E-state index < -0.39 is 35.1 Å². The number of carbonyl (C=O) groups excluding carboxylic acids is 6. The van der Waals surface area contributed by atoms with E-state index in [0.29, 0.717) is 38.3 Å². The third-order valence-electron chi connectivity index (χ3n) is 16.5. The number of ketones is 4. The van der Waals surface area contributed by atoms with Crippen LogP contribution in [0.5, 0.6) is 0 Å². The number of hydrogen-bond donors (Lipinski definition) is 1. The lowest BCUT2D eigenvalue weighted by molar-refractivity contribution is -0.147. The van der Waals surface area contributed by atoms with Crippen molar-refractivity contribution < 1.29 is 28.8 Å². The van der Waals surface area contributed by atoms with Crippen LogP contribution in [0.15, 0.2) is 0 Å². The molecule has 10 nitrogen and oxygen atoms in total. The molecule has 0 bridgehead atoms. The summed E-state index contributed by atoms with van der Waals surface area (Å²) >= 11 is 0. The van der Waals surface area contributed by atoms with Crippen molar-refractivity contribution in [3.05, 3.63) is 0 Å². The molecular formula is C47H76N4O6. The minimum Gasteiger partial charge on any atom is -0.345 e. The van der Waals surface area contributed by atoms with Crippen LogP contribution in [0.3, 0.4) is 0 Å². The van der Waals surface area contributed by atoms with Gasteiger partial charge in [0.2, 0.25) is 17.6 Å². The number of nitrogens with one attached hydrogen (secondary N) is 1. The summed E-state index contributed by atoms with van der Waals surface area (Å²) in [6.45, 7) is 19.6. The predicted molar refractivity (Wildman–Crippen MR) is 222 cm³/mol. The fourth-order valence-electron chi connectivity index (χ4n) is 12.3. The Bertz CT molecular complexity index is 1550. The van der Waals surface area contributed by atoms with Crippen LogP contribution in [0.1, 0.15) is 158 Å². The summed E-state index contributed by atoms with van der Waals surface area (Å²) in [5.41, 5.74) is -0.736. The molecule has 10 heteroatoms. The Morgan fingerprint density at radius 2 is 1.51 bits per heavy atom. The quantitative estimate of drug-likeness (QED) is 0.160. The van der Waals surface area contributed by atoms with E-state index in [1.807, 2.05) is 39.6 Å². The second-order valence-corrected chi connectivity index (χ2v) is 21.5. The van der Waals surface area contributed by atoms with Gasteiger partial charge in [0, 0.05) is 68.7 Å². The summed E-state index contributed by atoms with van der Waals surface area (Å²) in [7, 11) is 2.04. The summed E-state index contributed by atoms with van der Waals surface area (Å²) in [4.78, 5) is 91.7. The van der Waals surface area contributed by atoms with Crippen molar-refractivity contribution in [2.24, 2.45) is 45.3 Å². The summed E-state index contributed by atoms with van der Waals surface area (Å²) in [6.07, 6.45) is 12.1. The van der Waals surface area contributed by atoms with Crippen LogP contribution in [0, 0.1) is 45.3 Å². The van der Waals surface area contributed by atoms with Crippen molar-refractivity contribution in [2.45, 2.75) is 182 Å². The molecule has 6 fully saturated rings. The molecule has 6 rings (SSSR count). The summed E-state index contributed by atoms with van der Waals surface area (Å²) in [5.74, 6) is -2.31. The molecule has 1 N–H and O–H groups in total. The van der Waals surface area contributed by atoms with Crippen LogP contribution in [-0.2, 0) is 28.8 Å². The second kappa shape index (κ2) is 16.9. The largest absolute Gasteiger partial charge is 0.345 e. The maximum atomic E-state index is 15.3. The van der Waals surface area contributed by atoms with Gasteiger partial charge in [-0.25, -0.2) is 0 Å². The summed E-state index contributed by atoms with van der Waals surface area (Å²) in [6, 6.07) is -1.53. The second-order valence-electron chi connectivity index (χ2n) is 21.5. The van der Waals surface area contributed by atoms with Gasteiger partial charge in [-0.15, -0.1) is 0 Å². The van der Waals surface area contributed by atoms with Crippen molar-refractivity contribution in [1.82, 2.24) is 20.0 Å². The zero-order valence-electron chi connectivity index (χ0n) is 37.1. The van der Waals surface area contributed by atoms with Crippen molar-refractivity contribution in [3.8, 4) is 0 Å². The van der Waals surface area contributed by atoms with E-state index in [0.717, 1.165) is 77.3 Å². The fourth-order valence-corrected chi connectivity index (χ4v) is 12.3. The third kappa shape index (κ3) is 8.48. The normalized spacial score (nSPS) is 29.2. The van der Waals surface area contributed by atoms with Gasteiger partial charge in [0.25, 0.3) is 0 Å². The highest BCUT2D eigenvalue weighted by Gasteiger charge is 2.85. The molecule has 0 radical (unpaired) electrons. The molecule has 320 valence electrons. The van der Waals surface area contributed by atoms with Gasteiger partial charge in [-0.1, -0.05) is 73.6 Å². The minimum atomic E-state index is -0.696. The number of likely N-dealkylation sites (tertiary alicyclic amines) is 1. The zero-order chi connectivity index (χ0) is 41.7. The molecule has 2 saturated heterocycles. The fraction of sp³-hybridized carbons (Fsp3) is 0.872. The predicted octanol–water partition coefficient (Wildman–Crippen LogP) is 6.81. The van der Waals surface area contributed by atoms with E-state index in [4.69, 9.17) is 0 Å². The molecule has 57 heavy (non-hydrogen) atoms. The molecule has 4 aliphatic carbocycles. The van der Waals surface area contributed by atoms with E-state index in [-0.39, 0.29) is 82.7 Å². The van der Waals surface area contributed by atoms with Gasteiger partial charge in [-0.2, -0.15) is 0 Å². The van der Waals surface area contributed by atoms with E-state index in [1.54, 1.807) is 0 Å². The highest BCUT2D eigenvalue weighted by atomic mass is 16.2. The number of nitrogens with zero attached hydrogens (tertiary/aromatic N) is 3. The number of piperazine rings is 1. The first-order valence-electron chi connectivity index (χ1n) is 23.0. The SMILES string of the molecule is CCCC(CC(=O)[C@@H]1C[C@@]2(CN1C(=O)[C@@H](CC(=O)[C@@H](NC(=O)[C@H]1CN(C)CCN1C(C)C)C1CCCCC1)C(C)(C)C)C(C)(C)C21CCC1)C(=O)C(=O)CC1CC1. The third-order valence-corrected chi connectivity index (χ3v) is 16.5. The van der Waals surface area contributed by atoms with E-state index >= 15 is 4.79 Å². The number of fused-ring (bicyclic) bond motifs is 1. The van der Waals surface area contributed by atoms with Crippen LogP contribution in [0.4, 0.5) is 0 Å². The Morgan fingerprint density at radius 1 is 0.842 bits per heavy atom. The number of likely N-dealkylation sites (N-methyl/N-ethyl adjacent to an activating group) is 1. The Hall–Kier alpha value is -2.46. The summed E-state index contributed by atoms with van der Waals surface area (Å²) < 4.78 is 0. The lowest BCUT2D eigenvalue weighted by Gasteiger charge is -2.42. The molecule has 2 heterocycles. The van der Waals surface area contributed by atoms with Crippen molar-refractivity contribution in [1.29, 1.82) is 0 Å². The molecule has 0 aromatic heterocycles. The Morgan fingerprint density at radius 3 is 2.05 bits per heavy atom. The first-order chi connectivity index (χ1) is 26.8. The monoisotopic (exact) mass is 793 g/mol. The number of Topliss-reactive ketones (excluding diaryl/α,β-unsaturated/α-hetero) is 4. The van der Waals surface area contributed by atoms with Crippen LogP contribution in [-0.4, -0.2) is 107 Å².